The molecule has 0 unspecified atom stereocenters. The van der Waals surface area contributed by atoms with Gasteiger partial charge in [0.15, 0.2) is 5.82 Å². The lowest BCUT2D eigenvalue weighted by Crippen LogP contribution is -2.03. The molecule has 0 radical (unpaired) electrons. The summed E-state index contributed by atoms with van der Waals surface area (Å²) in [5.74, 6) is 0.347. The first-order valence-electron chi connectivity index (χ1n) is 4.73. The molecule has 0 bridgehead atoms. The number of nitrogens with zero attached hydrogens (tertiary/aromatic N) is 2. The third-order valence-corrected chi connectivity index (χ3v) is 2.30. The van der Waals surface area contributed by atoms with Crippen LogP contribution in [0.5, 0.6) is 0 Å². The average Bonchev–Trinajstić information content (AvgIpc) is 2.81. The Morgan fingerprint density at radius 1 is 1.25 bits per heavy atom. The molecule has 1 aromatic carbocycles. The van der Waals surface area contributed by atoms with Crippen molar-refractivity contribution in [1.29, 1.82) is 0 Å². The molecule has 2 heterocycles. The lowest BCUT2D eigenvalue weighted by molar-refractivity contribution is 0.563. The predicted molar refractivity (Wildman–Crippen MR) is 57.9 cm³/mol. The summed E-state index contributed by atoms with van der Waals surface area (Å²) < 4.78 is 5.17. The Morgan fingerprint density at radius 3 is 2.94 bits per heavy atom. The van der Waals surface area contributed by atoms with E-state index in [9.17, 15) is 4.79 Å². The normalized spacial score (nSPS) is 10.8. The smallest absolute Gasteiger partial charge is 0.347 e. The lowest BCUT2D eigenvalue weighted by Gasteiger charge is -1.97. The molecule has 5 heteroatoms. The Labute approximate surface area is 89.8 Å². The van der Waals surface area contributed by atoms with E-state index in [4.69, 9.17) is 4.42 Å². The first-order chi connectivity index (χ1) is 7.84. The summed E-state index contributed by atoms with van der Waals surface area (Å²) in [4.78, 5) is 15.6. The molecule has 0 aliphatic rings. The molecule has 78 valence electrons. The van der Waals surface area contributed by atoms with E-state index in [-0.39, 0.29) is 0 Å². The minimum absolute atomic E-state index is 0.347. The van der Waals surface area contributed by atoms with Crippen LogP contribution in [0.1, 0.15) is 0 Å². The second kappa shape index (κ2) is 3.30. The highest BCUT2D eigenvalue weighted by Crippen LogP contribution is 2.17. The first kappa shape index (κ1) is 8.84. The number of hydrogen-bond donors (Lipinski definition) is 1. The highest BCUT2D eigenvalue weighted by molar-refractivity contribution is 5.80. The van der Waals surface area contributed by atoms with Crippen LogP contribution in [0.3, 0.4) is 0 Å². The van der Waals surface area contributed by atoms with Crippen LogP contribution in [-0.4, -0.2) is 15.2 Å². The van der Waals surface area contributed by atoms with Crippen LogP contribution in [-0.2, 0) is 0 Å². The van der Waals surface area contributed by atoms with Gasteiger partial charge in [-0.1, -0.05) is 18.2 Å². The van der Waals surface area contributed by atoms with Crippen molar-refractivity contribution in [1.82, 2.24) is 15.2 Å². The topological polar surface area (TPSA) is 71.8 Å². The molecule has 0 amide bonds. The predicted octanol–water partition coefficient (Wildman–Crippen LogP) is 1.58. The van der Waals surface area contributed by atoms with Gasteiger partial charge < -0.3 is 4.42 Å². The molecule has 1 N–H and O–H groups in total. The Bertz CT molecular complexity index is 686. The minimum atomic E-state index is -0.432. The number of rotatable bonds is 1. The summed E-state index contributed by atoms with van der Waals surface area (Å²) in [6, 6.07) is 9.04. The number of hydrogen-bond acceptors (Lipinski definition) is 4. The summed E-state index contributed by atoms with van der Waals surface area (Å²) in [5, 5.41) is 7.27. The Morgan fingerprint density at radius 2 is 2.12 bits per heavy atom. The van der Waals surface area contributed by atoms with Gasteiger partial charge in [0.05, 0.1) is 0 Å². The fraction of sp³-hybridized carbons (Fsp3) is 0. The molecule has 0 saturated heterocycles. The molecule has 0 saturated carbocycles. The summed E-state index contributed by atoms with van der Waals surface area (Å²) in [6.45, 7) is 0. The van der Waals surface area contributed by atoms with E-state index in [1.165, 1.54) is 6.33 Å². The molecule has 16 heavy (non-hydrogen) atoms. The number of nitrogens with one attached hydrogen (secondary N) is 1. The van der Waals surface area contributed by atoms with Crippen molar-refractivity contribution in [2.75, 3.05) is 0 Å². The summed E-state index contributed by atoms with van der Waals surface area (Å²) in [6.07, 6.45) is 1.42. The Balaban J connectivity index is 2.34. The molecule has 2 aromatic heterocycles. The van der Waals surface area contributed by atoms with Crippen LogP contribution in [0.2, 0.25) is 0 Å². The maximum absolute atomic E-state index is 11.7. The molecule has 0 fully saturated rings. The van der Waals surface area contributed by atoms with Gasteiger partial charge in [-0.05, 0) is 12.1 Å². The minimum Gasteiger partial charge on any atom is -0.422 e. The maximum Gasteiger partial charge on any atom is 0.347 e. The number of H-pyrrole nitrogens is 1. The van der Waals surface area contributed by atoms with Gasteiger partial charge in [0.1, 0.15) is 17.5 Å². The number of para-hydroxylation sites is 1. The van der Waals surface area contributed by atoms with E-state index < -0.39 is 5.63 Å². The van der Waals surface area contributed by atoms with Gasteiger partial charge in [-0.2, -0.15) is 5.10 Å². The molecule has 0 atom stereocenters. The highest BCUT2D eigenvalue weighted by Gasteiger charge is 2.09. The molecule has 0 aliphatic carbocycles. The van der Waals surface area contributed by atoms with Gasteiger partial charge in [-0.15, -0.1) is 0 Å². The van der Waals surface area contributed by atoms with Crippen LogP contribution in [0.4, 0.5) is 0 Å². The standard InChI is InChI=1S/C11H7N3O2/c15-11-8(10-12-6-13-14-10)5-7-3-1-2-4-9(7)16-11/h1-6H,(H,12,13,14). The number of aromatic amines is 1. The summed E-state index contributed by atoms with van der Waals surface area (Å²) in [5.41, 5.74) is 0.491. The Hall–Kier alpha value is -2.43. The highest BCUT2D eigenvalue weighted by atomic mass is 16.4. The maximum atomic E-state index is 11.7. The van der Waals surface area contributed by atoms with Crippen molar-refractivity contribution in [2.45, 2.75) is 0 Å². The molecule has 3 rings (SSSR count). The fourth-order valence-electron chi connectivity index (χ4n) is 1.56. The molecular weight excluding hydrogens is 206 g/mol. The zero-order chi connectivity index (χ0) is 11.0. The molecule has 5 nitrogen and oxygen atoms in total. The summed E-state index contributed by atoms with van der Waals surface area (Å²) in [7, 11) is 0. The van der Waals surface area contributed by atoms with Crippen molar-refractivity contribution >= 4 is 11.0 Å². The van der Waals surface area contributed by atoms with Crippen LogP contribution >= 0.6 is 0 Å². The van der Waals surface area contributed by atoms with Crippen molar-refractivity contribution < 1.29 is 4.42 Å². The van der Waals surface area contributed by atoms with E-state index in [0.717, 1.165) is 5.39 Å². The third kappa shape index (κ3) is 1.30. The number of aromatic nitrogens is 3. The van der Waals surface area contributed by atoms with Crippen molar-refractivity contribution in [3.05, 3.63) is 47.1 Å². The van der Waals surface area contributed by atoms with Crippen molar-refractivity contribution in [2.24, 2.45) is 0 Å². The van der Waals surface area contributed by atoms with E-state index in [0.29, 0.717) is 17.0 Å². The monoisotopic (exact) mass is 213 g/mol. The molecular formula is C11H7N3O2. The van der Waals surface area contributed by atoms with E-state index in [2.05, 4.69) is 15.2 Å². The van der Waals surface area contributed by atoms with E-state index in [1.807, 2.05) is 18.2 Å². The van der Waals surface area contributed by atoms with E-state index >= 15 is 0 Å². The zero-order valence-electron chi connectivity index (χ0n) is 8.18. The van der Waals surface area contributed by atoms with Crippen LogP contribution < -0.4 is 5.63 Å². The molecule has 3 aromatic rings. The summed E-state index contributed by atoms with van der Waals surface area (Å²) >= 11 is 0. The molecule has 0 spiro atoms. The average molecular weight is 213 g/mol. The Kier molecular flexibility index (Phi) is 1.83. The van der Waals surface area contributed by atoms with Gasteiger partial charge in [-0.3, -0.25) is 5.10 Å². The van der Waals surface area contributed by atoms with Gasteiger partial charge in [0.2, 0.25) is 0 Å². The van der Waals surface area contributed by atoms with Gasteiger partial charge >= 0.3 is 5.63 Å². The van der Waals surface area contributed by atoms with E-state index in [1.54, 1.807) is 12.1 Å². The van der Waals surface area contributed by atoms with Crippen LogP contribution in [0, 0.1) is 0 Å². The van der Waals surface area contributed by atoms with Crippen LogP contribution in [0.25, 0.3) is 22.4 Å². The first-order valence-corrected chi connectivity index (χ1v) is 4.73. The molecule has 0 aliphatic heterocycles. The second-order valence-corrected chi connectivity index (χ2v) is 3.31. The second-order valence-electron chi connectivity index (χ2n) is 3.31. The largest absolute Gasteiger partial charge is 0.422 e. The zero-order valence-corrected chi connectivity index (χ0v) is 8.18. The fourth-order valence-corrected chi connectivity index (χ4v) is 1.56. The van der Waals surface area contributed by atoms with Gasteiger partial charge in [0.25, 0.3) is 0 Å². The van der Waals surface area contributed by atoms with Gasteiger partial charge in [-0.25, -0.2) is 9.78 Å². The van der Waals surface area contributed by atoms with Crippen LogP contribution in [0.15, 0.2) is 45.9 Å². The number of fused-ring (bicyclic) bond motifs is 1. The SMILES string of the molecule is O=c1oc2ccccc2cc1-c1nc[nH]n1. The van der Waals surface area contributed by atoms with Crippen molar-refractivity contribution in [3.8, 4) is 11.4 Å². The third-order valence-electron chi connectivity index (χ3n) is 2.30. The quantitative estimate of drug-likeness (QED) is 0.623. The lowest BCUT2D eigenvalue weighted by atomic mass is 10.2. The number of benzene rings is 1. The van der Waals surface area contributed by atoms with Gasteiger partial charge in [0, 0.05) is 5.39 Å². The van der Waals surface area contributed by atoms with Crippen molar-refractivity contribution in [3.63, 3.8) is 0 Å².